The Labute approximate surface area is 100 Å². The van der Waals surface area contributed by atoms with E-state index in [-0.39, 0.29) is 11.9 Å². The summed E-state index contributed by atoms with van der Waals surface area (Å²) in [4.78, 5) is 13.8. The molecule has 0 aliphatic carbocycles. The van der Waals surface area contributed by atoms with Gasteiger partial charge >= 0.3 is 0 Å². The van der Waals surface area contributed by atoms with Crippen LogP contribution in [0.1, 0.15) is 18.0 Å². The minimum absolute atomic E-state index is 0.125. The number of carbonyl (C=O) groups is 1. The highest BCUT2D eigenvalue weighted by atomic mass is 35.5. The predicted octanol–water partition coefficient (Wildman–Crippen LogP) is 1.83. The summed E-state index contributed by atoms with van der Waals surface area (Å²) in [5.41, 5.74) is 0.975. The molecular weight excluding hydrogens is 224 g/mol. The first-order valence-electron chi connectivity index (χ1n) is 5.42. The summed E-state index contributed by atoms with van der Waals surface area (Å²) in [6.45, 7) is 1.68. The van der Waals surface area contributed by atoms with Gasteiger partial charge in [-0.2, -0.15) is 0 Å². The van der Waals surface area contributed by atoms with Gasteiger partial charge in [-0.3, -0.25) is 4.79 Å². The topological polar surface area (TPSA) is 32.3 Å². The molecule has 0 saturated carbocycles. The number of hydrogen-bond donors (Lipinski definition) is 1. The van der Waals surface area contributed by atoms with Crippen LogP contribution in [0.2, 0.25) is 5.02 Å². The largest absolute Gasteiger partial charge is 0.344 e. The smallest absolute Gasteiger partial charge is 0.244 e. The summed E-state index contributed by atoms with van der Waals surface area (Å²) in [6.07, 6.45) is 0.992. The van der Waals surface area contributed by atoms with Crippen LogP contribution < -0.4 is 5.32 Å². The molecule has 1 N–H and O–H groups in total. The monoisotopic (exact) mass is 238 g/mol. The predicted molar refractivity (Wildman–Crippen MR) is 64.4 cm³/mol. The molecule has 1 amide bonds. The molecule has 1 aromatic rings. The molecule has 1 fully saturated rings. The Hall–Kier alpha value is -1.06. The third kappa shape index (κ3) is 2.36. The minimum Gasteiger partial charge on any atom is -0.344 e. The maximum atomic E-state index is 12.1. The second-order valence-corrected chi connectivity index (χ2v) is 4.49. The number of likely N-dealkylation sites (N-methyl/N-ethyl adjacent to an activating group) is 1. The van der Waals surface area contributed by atoms with Gasteiger partial charge in [0.2, 0.25) is 5.91 Å². The van der Waals surface area contributed by atoms with E-state index in [1.165, 1.54) is 0 Å². The van der Waals surface area contributed by atoms with Gasteiger partial charge in [0.1, 0.15) is 6.04 Å². The zero-order valence-corrected chi connectivity index (χ0v) is 10.00. The standard InChI is InChI=1S/C12H15ClN2O/c1-15-8-2-7-14-11(12(15)16)9-3-5-10(13)6-4-9/h3-6,11,14H,2,7-8H2,1H3. The van der Waals surface area contributed by atoms with Crippen molar-refractivity contribution in [1.29, 1.82) is 0 Å². The number of rotatable bonds is 1. The fourth-order valence-corrected chi connectivity index (χ4v) is 2.02. The normalized spacial score (nSPS) is 22.0. The SMILES string of the molecule is CN1CCCNC(c2ccc(Cl)cc2)C1=O. The van der Waals surface area contributed by atoms with Gasteiger partial charge in [-0.1, -0.05) is 23.7 Å². The van der Waals surface area contributed by atoms with Gasteiger partial charge in [0.25, 0.3) is 0 Å². The van der Waals surface area contributed by atoms with Gasteiger partial charge < -0.3 is 10.2 Å². The summed E-state index contributed by atoms with van der Waals surface area (Å²) in [5.74, 6) is 0.125. The van der Waals surface area contributed by atoms with Crippen LogP contribution in [0.25, 0.3) is 0 Å². The molecule has 3 nitrogen and oxygen atoms in total. The van der Waals surface area contributed by atoms with Crippen molar-refractivity contribution < 1.29 is 4.79 Å². The Morgan fingerprint density at radius 2 is 2.06 bits per heavy atom. The van der Waals surface area contributed by atoms with E-state index >= 15 is 0 Å². The summed E-state index contributed by atoms with van der Waals surface area (Å²) in [7, 11) is 1.85. The molecule has 2 rings (SSSR count). The lowest BCUT2D eigenvalue weighted by Gasteiger charge is -2.20. The molecule has 1 heterocycles. The first-order chi connectivity index (χ1) is 7.68. The molecule has 0 radical (unpaired) electrons. The molecule has 1 aromatic carbocycles. The van der Waals surface area contributed by atoms with Gasteiger partial charge in [-0.05, 0) is 30.7 Å². The fourth-order valence-electron chi connectivity index (χ4n) is 1.90. The highest BCUT2D eigenvalue weighted by molar-refractivity contribution is 6.30. The summed E-state index contributed by atoms with van der Waals surface area (Å²) in [6, 6.07) is 7.20. The van der Waals surface area contributed by atoms with Crippen LogP contribution in [0.5, 0.6) is 0 Å². The van der Waals surface area contributed by atoms with Crippen molar-refractivity contribution in [1.82, 2.24) is 10.2 Å². The average Bonchev–Trinajstić information content (AvgIpc) is 2.44. The van der Waals surface area contributed by atoms with E-state index in [2.05, 4.69) is 5.32 Å². The Bertz CT molecular complexity index is 377. The molecule has 0 aromatic heterocycles. The number of amides is 1. The molecule has 4 heteroatoms. The molecule has 0 spiro atoms. The van der Waals surface area contributed by atoms with Crippen molar-refractivity contribution in [3.8, 4) is 0 Å². The molecule has 1 aliphatic heterocycles. The van der Waals surface area contributed by atoms with Crippen molar-refractivity contribution in [3.05, 3.63) is 34.9 Å². The maximum absolute atomic E-state index is 12.1. The zero-order chi connectivity index (χ0) is 11.5. The molecular formula is C12H15ClN2O. The van der Waals surface area contributed by atoms with Crippen molar-refractivity contribution in [2.75, 3.05) is 20.1 Å². The summed E-state index contributed by atoms with van der Waals surface area (Å²) in [5, 5.41) is 3.96. The van der Waals surface area contributed by atoms with E-state index in [9.17, 15) is 4.79 Å². The van der Waals surface area contributed by atoms with Crippen LogP contribution in [0.3, 0.4) is 0 Å². The Kier molecular flexibility index (Phi) is 3.46. The Morgan fingerprint density at radius 1 is 1.38 bits per heavy atom. The van der Waals surface area contributed by atoms with Crippen LogP contribution in [0, 0.1) is 0 Å². The van der Waals surface area contributed by atoms with Crippen molar-refractivity contribution in [2.24, 2.45) is 0 Å². The zero-order valence-electron chi connectivity index (χ0n) is 9.24. The molecule has 1 aliphatic rings. The maximum Gasteiger partial charge on any atom is 0.244 e. The number of halogens is 1. The molecule has 86 valence electrons. The van der Waals surface area contributed by atoms with Crippen molar-refractivity contribution in [3.63, 3.8) is 0 Å². The second kappa shape index (κ2) is 4.85. The van der Waals surface area contributed by atoms with Crippen LogP contribution >= 0.6 is 11.6 Å². The lowest BCUT2D eigenvalue weighted by Crippen LogP contribution is -2.35. The number of hydrogen-bond acceptors (Lipinski definition) is 2. The molecule has 1 saturated heterocycles. The van der Waals surface area contributed by atoms with E-state index in [0.717, 1.165) is 25.1 Å². The van der Waals surface area contributed by atoms with Gasteiger partial charge in [0, 0.05) is 18.6 Å². The van der Waals surface area contributed by atoms with Crippen LogP contribution in [0.4, 0.5) is 0 Å². The van der Waals surface area contributed by atoms with E-state index in [1.54, 1.807) is 4.90 Å². The van der Waals surface area contributed by atoms with Crippen LogP contribution in [-0.2, 0) is 4.79 Å². The third-order valence-corrected chi connectivity index (χ3v) is 3.10. The molecule has 1 unspecified atom stereocenters. The first kappa shape index (κ1) is 11.4. The lowest BCUT2D eigenvalue weighted by atomic mass is 10.1. The lowest BCUT2D eigenvalue weighted by molar-refractivity contribution is -0.131. The Balaban J connectivity index is 2.24. The quantitative estimate of drug-likeness (QED) is 0.810. The number of nitrogens with one attached hydrogen (secondary N) is 1. The van der Waals surface area contributed by atoms with E-state index in [1.807, 2.05) is 31.3 Å². The minimum atomic E-state index is -0.232. The second-order valence-electron chi connectivity index (χ2n) is 4.05. The average molecular weight is 239 g/mol. The van der Waals surface area contributed by atoms with E-state index < -0.39 is 0 Å². The number of benzene rings is 1. The van der Waals surface area contributed by atoms with Gasteiger partial charge in [0.15, 0.2) is 0 Å². The third-order valence-electron chi connectivity index (χ3n) is 2.85. The molecule has 0 bridgehead atoms. The first-order valence-corrected chi connectivity index (χ1v) is 5.80. The highest BCUT2D eigenvalue weighted by Gasteiger charge is 2.25. The van der Waals surface area contributed by atoms with Gasteiger partial charge in [-0.25, -0.2) is 0 Å². The van der Waals surface area contributed by atoms with Crippen LogP contribution in [0.15, 0.2) is 24.3 Å². The van der Waals surface area contributed by atoms with E-state index in [4.69, 9.17) is 11.6 Å². The molecule has 16 heavy (non-hydrogen) atoms. The Morgan fingerprint density at radius 3 is 2.75 bits per heavy atom. The highest BCUT2D eigenvalue weighted by Crippen LogP contribution is 2.19. The summed E-state index contributed by atoms with van der Waals surface area (Å²) >= 11 is 5.83. The van der Waals surface area contributed by atoms with Gasteiger partial charge in [-0.15, -0.1) is 0 Å². The molecule has 1 atom stereocenters. The number of nitrogens with zero attached hydrogens (tertiary/aromatic N) is 1. The number of carbonyl (C=O) groups excluding carboxylic acids is 1. The van der Waals surface area contributed by atoms with Crippen molar-refractivity contribution in [2.45, 2.75) is 12.5 Å². The van der Waals surface area contributed by atoms with Crippen molar-refractivity contribution >= 4 is 17.5 Å². The van der Waals surface area contributed by atoms with E-state index in [0.29, 0.717) is 5.02 Å². The summed E-state index contributed by atoms with van der Waals surface area (Å²) < 4.78 is 0. The van der Waals surface area contributed by atoms with Crippen LogP contribution in [-0.4, -0.2) is 30.9 Å². The fraction of sp³-hybridized carbons (Fsp3) is 0.417. The van der Waals surface area contributed by atoms with Gasteiger partial charge in [0.05, 0.1) is 0 Å².